The second-order valence-electron chi connectivity index (χ2n) is 7.67. The molecule has 1 heterocycles. The number of nitrogens with zero attached hydrogens (tertiary/aromatic N) is 1. The maximum Gasteiger partial charge on any atom is 0.213 e. The van der Waals surface area contributed by atoms with E-state index >= 15 is 0 Å². The van der Waals surface area contributed by atoms with Gasteiger partial charge < -0.3 is 9.72 Å². The Morgan fingerprint density at radius 3 is 2.33 bits per heavy atom. The predicted molar refractivity (Wildman–Crippen MR) is 141 cm³/mol. The highest BCUT2D eigenvalue weighted by molar-refractivity contribution is 6.85. The molecule has 168 valence electrons. The number of hydrogen-bond acceptors (Lipinski definition) is 2. The van der Waals surface area contributed by atoms with Crippen LogP contribution >= 0.6 is 11.6 Å². The molecular formula is C28H30BClN2O. The fourth-order valence-electron chi connectivity index (χ4n) is 3.85. The van der Waals surface area contributed by atoms with Gasteiger partial charge in [0, 0.05) is 18.8 Å². The van der Waals surface area contributed by atoms with Gasteiger partial charge in [-0.05, 0) is 41.5 Å². The first-order valence-electron chi connectivity index (χ1n) is 11.2. The fourth-order valence-corrected chi connectivity index (χ4v) is 3.95. The van der Waals surface area contributed by atoms with Crippen molar-refractivity contribution in [3.8, 4) is 5.75 Å². The summed E-state index contributed by atoms with van der Waals surface area (Å²) in [6.45, 7) is 2.48. The lowest BCUT2D eigenvalue weighted by molar-refractivity contribution is 0.415. The Labute approximate surface area is 202 Å². The van der Waals surface area contributed by atoms with Gasteiger partial charge >= 0.3 is 0 Å². The monoisotopic (exact) mass is 456 g/mol. The molecule has 0 aliphatic rings. The van der Waals surface area contributed by atoms with Crippen LogP contribution in [0, 0.1) is 0 Å². The lowest BCUT2D eigenvalue weighted by atomic mass is 9.39. The molecule has 3 aromatic carbocycles. The molecule has 0 saturated carbocycles. The van der Waals surface area contributed by atoms with Crippen molar-refractivity contribution in [2.75, 3.05) is 7.11 Å². The van der Waals surface area contributed by atoms with Crippen molar-refractivity contribution in [1.82, 2.24) is 9.97 Å². The maximum absolute atomic E-state index is 5.67. The summed E-state index contributed by atoms with van der Waals surface area (Å²) in [5.74, 6) is 1.92. The van der Waals surface area contributed by atoms with E-state index in [-0.39, 0.29) is 0 Å². The summed E-state index contributed by atoms with van der Waals surface area (Å²) in [7, 11) is 1.69. The zero-order valence-corrected chi connectivity index (χ0v) is 20.0. The summed E-state index contributed by atoms with van der Waals surface area (Å²) in [4.78, 5) is 7.36. The summed E-state index contributed by atoms with van der Waals surface area (Å²) in [5, 5.41) is 0. The summed E-state index contributed by atoms with van der Waals surface area (Å²) in [6.07, 6.45) is 8.50. The van der Waals surface area contributed by atoms with E-state index in [0.29, 0.717) is 6.71 Å². The number of ether oxygens (including phenoxy) is 1. The van der Waals surface area contributed by atoms with E-state index in [2.05, 4.69) is 77.6 Å². The molecular weight excluding hydrogens is 427 g/mol. The van der Waals surface area contributed by atoms with Crippen molar-refractivity contribution < 1.29 is 4.74 Å². The molecule has 0 bridgehead atoms. The average Bonchev–Trinajstić information content (AvgIpc) is 3.39. The number of H-pyrrole nitrogens is 1. The molecule has 0 spiro atoms. The van der Waals surface area contributed by atoms with Crippen LogP contribution in [0.2, 0.25) is 6.32 Å². The van der Waals surface area contributed by atoms with Crippen molar-refractivity contribution in [1.29, 1.82) is 0 Å². The van der Waals surface area contributed by atoms with Crippen LogP contribution in [-0.4, -0.2) is 23.8 Å². The highest BCUT2D eigenvalue weighted by Gasteiger charge is 2.17. The molecule has 0 aliphatic heterocycles. The lowest BCUT2D eigenvalue weighted by Gasteiger charge is -2.13. The smallest absolute Gasteiger partial charge is 0.213 e. The van der Waals surface area contributed by atoms with Gasteiger partial charge in [-0.2, -0.15) is 0 Å². The van der Waals surface area contributed by atoms with E-state index in [1.165, 1.54) is 22.1 Å². The van der Waals surface area contributed by atoms with Gasteiger partial charge in [0.2, 0.25) is 6.71 Å². The molecule has 0 saturated heterocycles. The first-order valence-corrected chi connectivity index (χ1v) is 11.7. The Morgan fingerprint density at radius 2 is 1.67 bits per heavy atom. The normalized spacial score (nSPS) is 10.5. The second kappa shape index (κ2) is 13.3. The topological polar surface area (TPSA) is 37.9 Å². The summed E-state index contributed by atoms with van der Waals surface area (Å²) < 4.78 is 5.30. The van der Waals surface area contributed by atoms with E-state index < -0.39 is 0 Å². The van der Waals surface area contributed by atoms with Crippen LogP contribution in [0.5, 0.6) is 5.75 Å². The van der Waals surface area contributed by atoms with Gasteiger partial charge in [0.05, 0.1) is 7.11 Å². The van der Waals surface area contributed by atoms with Gasteiger partial charge in [0.15, 0.2) is 0 Å². The van der Waals surface area contributed by atoms with Crippen LogP contribution in [0.25, 0.3) is 0 Å². The van der Waals surface area contributed by atoms with Crippen molar-refractivity contribution in [3.63, 3.8) is 0 Å². The minimum Gasteiger partial charge on any atom is -0.497 e. The van der Waals surface area contributed by atoms with Crippen molar-refractivity contribution in [2.45, 2.75) is 26.1 Å². The Balaban J connectivity index is 0.000000194. The molecule has 0 radical (unpaired) electrons. The number of hydrogen-bond donors (Lipinski definition) is 1. The minimum atomic E-state index is 0.297. The predicted octanol–water partition coefficient (Wildman–Crippen LogP) is 5.62. The van der Waals surface area contributed by atoms with Gasteiger partial charge in [-0.25, -0.2) is 4.98 Å². The lowest BCUT2D eigenvalue weighted by Crippen LogP contribution is -2.41. The highest BCUT2D eigenvalue weighted by Crippen LogP contribution is 2.12. The zero-order valence-electron chi connectivity index (χ0n) is 19.2. The van der Waals surface area contributed by atoms with Crippen LogP contribution in [0.4, 0.5) is 0 Å². The van der Waals surface area contributed by atoms with E-state index in [1.807, 2.05) is 30.5 Å². The first kappa shape index (κ1) is 24.4. The third kappa shape index (κ3) is 7.40. The third-order valence-electron chi connectivity index (χ3n) is 5.57. The first-order chi connectivity index (χ1) is 16.2. The summed E-state index contributed by atoms with van der Waals surface area (Å²) in [6, 6.07) is 27.2. The van der Waals surface area contributed by atoms with E-state index in [9.17, 15) is 0 Å². The second-order valence-corrected chi connectivity index (χ2v) is 7.92. The molecule has 0 amide bonds. The number of nitrogens with one attached hydrogen (secondary N) is 1. The van der Waals surface area contributed by atoms with Crippen LogP contribution in [0.3, 0.4) is 0 Å². The standard InChI is InChI=1S/C16H16BClO.C12H14N2/c1-19-16-10-5-9-15(13-16)17(11-6-12-18)14-7-3-2-4-8-14;1-2-10-5-3-4-6-11(10)9-12-13-7-8-14-12/h2-10,12-13H,11H2,1H3;3-8H,2,9H2,1H3,(H,13,14). The molecule has 0 atom stereocenters. The van der Waals surface area contributed by atoms with Crippen LogP contribution in [-0.2, 0) is 12.8 Å². The molecule has 33 heavy (non-hydrogen) atoms. The highest BCUT2D eigenvalue weighted by atomic mass is 35.5. The van der Waals surface area contributed by atoms with Crippen LogP contribution in [0.1, 0.15) is 23.9 Å². The molecule has 0 unspecified atom stereocenters. The molecule has 0 aliphatic carbocycles. The van der Waals surface area contributed by atoms with Gasteiger partial charge in [-0.15, -0.1) is 0 Å². The molecule has 1 aromatic heterocycles. The number of aryl methyl sites for hydroxylation is 1. The van der Waals surface area contributed by atoms with E-state index in [4.69, 9.17) is 16.3 Å². The quantitative estimate of drug-likeness (QED) is 0.349. The van der Waals surface area contributed by atoms with Crippen molar-refractivity contribution in [2.24, 2.45) is 0 Å². The molecule has 4 rings (SSSR count). The van der Waals surface area contributed by atoms with Gasteiger partial charge in [-0.1, -0.05) is 102 Å². The fraction of sp³-hybridized carbons (Fsp3) is 0.179. The molecule has 0 fully saturated rings. The summed E-state index contributed by atoms with van der Waals surface area (Å²) >= 11 is 5.67. The number of benzene rings is 3. The van der Waals surface area contributed by atoms with E-state index in [0.717, 1.165) is 30.7 Å². The Morgan fingerprint density at radius 1 is 0.939 bits per heavy atom. The van der Waals surface area contributed by atoms with Gasteiger partial charge in [0.1, 0.15) is 11.6 Å². The van der Waals surface area contributed by atoms with Crippen LogP contribution in [0.15, 0.2) is 103 Å². The Bertz CT molecular complexity index is 1110. The summed E-state index contributed by atoms with van der Waals surface area (Å²) in [5.41, 5.74) is 6.87. The van der Waals surface area contributed by atoms with E-state index in [1.54, 1.807) is 18.8 Å². The number of methoxy groups -OCH3 is 1. The average molecular weight is 457 g/mol. The molecule has 5 heteroatoms. The number of aromatic amines is 1. The molecule has 3 nitrogen and oxygen atoms in total. The minimum absolute atomic E-state index is 0.297. The number of halogens is 1. The van der Waals surface area contributed by atoms with Gasteiger partial charge in [-0.3, -0.25) is 0 Å². The van der Waals surface area contributed by atoms with Crippen LogP contribution < -0.4 is 15.7 Å². The maximum atomic E-state index is 5.67. The van der Waals surface area contributed by atoms with Crippen molar-refractivity contribution in [3.05, 3.63) is 120 Å². The van der Waals surface area contributed by atoms with Crippen molar-refractivity contribution >= 4 is 29.2 Å². The number of aromatic nitrogens is 2. The molecule has 4 aromatic rings. The largest absolute Gasteiger partial charge is 0.497 e. The van der Waals surface area contributed by atoms with Gasteiger partial charge in [0.25, 0.3) is 0 Å². The zero-order chi connectivity index (χ0) is 23.3. The third-order valence-corrected chi connectivity index (χ3v) is 5.75. The number of allylic oxidation sites excluding steroid dienone is 1. The number of imidazole rings is 1. The number of rotatable bonds is 8. The Kier molecular flexibility index (Phi) is 9.87. The molecule has 1 N–H and O–H groups in total. The SMILES string of the molecule is CCc1ccccc1Cc1ncc[nH]1.COc1cccc(B(CC=CCl)c2ccccc2)c1. The Hall–Kier alpha value is -3.24.